The Balaban J connectivity index is 2.04. The van der Waals surface area contributed by atoms with E-state index >= 15 is 0 Å². The van der Waals surface area contributed by atoms with Crippen LogP contribution in [0.2, 0.25) is 0 Å². The van der Waals surface area contributed by atoms with Crippen LogP contribution in [0, 0.1) is 0 Å². The summed E-state index contributed by atoms with van der Waals surface area (Å²) in [6.07, 6.45) is 0. The lowest BCUT2D eigenvalue weighted by Gasteiger charge is -2.09. The van der Waals surface area contributed by atoms with Crippen molar-refractivity contribution >= 4 is 27.6 Å². The van der Waals surface area contributed by atoms with Crippen LogP contribution in [0.25, 0.3) is 0 Å². The molecule has 0 saturated carbocycles. The van der Waals surface area contributed by atoms with Gasteiger partial charge >= 0.3 is 5.97 Å². The van der Waals surface area contributed by atoms with Gasteiger partial charge in [0.25, 0.3) is 0 Å². The number of phenols is 1. The van der Waals surface area contributed by atoms with Crippen LogP contribution in [0.5, 0.6) is 5.75 Å². The van der Waals surface area contributed by atoms with E-state index in [1.54, 1.807) is 30.3 Å². The van der Waals surface area contributed by atoms with Gasteiger partial charge in [-0.1, -0.05) is 12.1 Å². The molecule has 0 radical (unpaired) electrons. The molecular weight excluding hydrogens is 322 g/mol. The molecule has 2 aromatic rings. The highest BCUT2D eigenvalue weighted by Crippen LogP contribution is 2.27. The number of aromatic hydroxyl groups is 1. The number of methoxy groups -OCH3 is 1. The number of benzene rings is 2. The second kappa shape index (κ2) is 6.43. The number of rotatable bonds is 4. The van der Waals surface area contributed by atoms with Gasteiger partial charge < -0.3 is 15.2 Å². The number of anilines is 1. The molecule has 5 heteroatoms. The highest BCUT2D eigenvalue weighted by Gasteiger charge is 2.06. The second-order valence-corrected chi connectivity index (χ2v) is 5.02. The van der Waals surface area contributed by atoms with Crippen molar-refractivity contribution in [3.63, 3.8) is 0 Å². The smallest absolute Gasteiger partial charge is 0.337 e. The zero-order valence-corrected chi connectivity index (χ0v) is 12.5. The lowest BCUT2D eigenvalue weighted by atomic mass is 10.2. The van der Waals surface area contributed by atoms with E-state index in [1.807, 2.05) is 12.1 Å². The van der Waals surface area contributed by atoms with Crippen LogP contribution >= 0.6 is 15.9 Å². The van der Waals surface area contributed by atoms with Crippen LogP contribution < -0.4 is 5.32 Å². The third kappa shape index (κ3) is 3.30. The number of carbonyl (C=O) groups is 1. The Morgan fingerprint density at radius 2 is 1.95 bits per heavy atom. The number of halogens is 1. The van der Waals surface area contributed by atoms with Gasteiger partial charge in [-0.2, -0.15) is 0 Å². The Morgan fingerprint density at radius 3 is 2.60 bits per heavy atom. The summed E-state index contributed by atoms with van der Waals surface area (Å²) in [5.74, 6) is -0.132. The van der Waals surface area contributed by atoms with Crippen molar-refractivity contribution in [3.8, 4) is 5.75 Å². The number of carbonyl (C=O) groups excluding carboxylic acids is 1. The van der Waals surface area contributed by atoms with Crippen LogP contribution in [0.4, 0.5) is 5.69 Å². The van der Waals surface area contributed by atoms with E-state index in [1.165, 1.54) is 7.11 Å². The lowest BCUT2D eigenvalue weighted by molar-refractivity contribution is 0.0601. The van der Waals surface area contributed by atoms with Gasteiger partial charge in [-0.15, -0.1) is 0 Å². The standard InChI is InChI=1S/C15H14BrNO3/c1-20-15(19)10-5-7-12(8-6-10)17-9-11-3-2-4-13(16)14(11)18/h2-8,17-18H,9H2,1H3. The molecule has 0 unspecified atom stereocenters. The van der Waals surface area contributed by atoms with E-state index in [0.29, 0.717) is 16.6 Å². The summed E-state index contributed by atoms with van der Waals surface area (Å²) in [7, 11) is 1.35. The van der Waals surface area contributed by atoms with Crippen LogP contribution in [-0.2, 0) is 11.3 Å². The second-order valence-electron chi connectivity index (χ2n) is 4.17. The first-order chi connectivity index (χ1) is 9.61. The molecule has 2 rings (SSSR count). The van der Waals surface area contributed by atoms with Crippen molar-refractivity contribution < 1.29 is 14.6 Å². The topological polar surface area (TPSA) is 58.6 Å². The minimum Gasteiger partial charge on any atom is -0.506 e. The molecule has 0 aliphatic heterocycles. The molecular formula is C15H14BrNO3. The summed E-state index contributed by atoms with van der Waals surface area (Å²) < 4.78 is 5.30. The van der Waals surface area contributed by atoms with E-state index in [0.717, 1.165) is 11.3 Å². The monoisotopic (exact) mass is 335 g/mol. The summed E-state index contributed by atoms with van der Waals surface area (Å²) in [5.41, 5.74) is 2.15. The van der Waals surface area contributed by atoms with E-state index < -0.39 is 0 Å². The molecule has 2 aromatic carbocycles. The minimum atomic E-state index is -0.360. The fourth-order valence-electron chi connectivity index (χ4n) is 1.74. The summed E-state index contributed by atoms with van der Waals surface area (Å²) in [5, 5.41) is 13.1. The average Bonchev–Trinajstić information content (AvgIpc) is 2.48. The maximum absolute atomic E-state index is 11.3. The number of esters is 1. The third-order valence-electron chi connectivity index (χ3n) is 2.86. The van der Waals surface area contributed by atoms with E-state index in [-0.39, 0.29) is 11.7 Å². The van der Waals surface area contributed by atoms with Crippen LogP contribution in [-0.4, -0.2) is 18.2 Å². The highest BCUT2D eigenvalue weighted by molar-refractivity contribution is 9.10. The maximum Gasteiger partial charge on any atom is 0.337 e. The van der Waals surface area contributed by atoms with Crippen molar-refractivity contribution in [3.05, 3.63) is 58.1 Å². The van der Waals surface area contributed by atoms with Crippen molar-refractivity contribution in [2.75, 3.05) is 12.4 Å². The molecule has 2 N–H and O–H groups in total. The molecule has 0 bridgehead atoms. The van der Waals surface area contributed by atoms with Gasteiger partial charge in [0.1, 0.15) is 5.75 Å². The normalized spacial score (nSPS) is 10.1. The molecule has 0 fully saturated rings. The molecule has 0 spiro atoms. The Labute approximate surface area is 125 Å². The molecule has 0 atom stereocenters. The number of hydrogen-bond donors (Lipinski definition) is 2. The summed E-state index contributed by atoms with van der Waals surface area (Å²) >= 11 is 3.28. The summed E-state index contributed by atoms with van der Waals surface area (Å²) in [6.45, 7) is 0.489. The molecule has 0 aromatic heterocycles. The van der Waals surface area contributed by atoms with Gasteiger partial charge in [0.05, 0.1) is 17.1 Å². The third-order valence-corrected chi connectivity index (χ3v) is 3.50. The average molecular weight is 336 g/mol. The van der Waals surface area contributed by atoms with Gasteiger partial charge in [-0.3, -0.25) is 0 Å². The Hall–Kier alpha value is -2.01. The first-order valence-corrected chi connectivity index (χ1v) is 6.79. The number of para-hydroxylation sites is 1. The highest BCUT2D eigenvalue weighted by atomic mass is 79.9. The lowest BCUT2D eigenvalue weighted by Crippen LogP contribution is -2.03. The Morgan fingerprint density at radius 1 is 1.25 bits per heavy atom. The molecule has 0 aliphatic carbocycles. The van der Waals surface area contributed by atoms with Crippen LogP contribution in [0.15, 0.2) is 46.9 Å². The molecule has 0 heterocycles. The van der Waals surface area contributed by atoms with E-state index in [9.17, 15) is 9.90 Å². The number of hydrogen-bond acceptors (Lipinski definition) is 4. The van der Waals surface area contributed by atoms with E-state index in [4.69, 9.17) is 0 Å². The molecule has 20 heavy (non-hydrogen) atoms. The number of nitrogens with one attached hydrogen (secondary N) is 1. The molecule has 0 aliphatic rings. The van der Waals surface area contributed by atoms with Crippen LogP contribution in [0.1, 0.15) is 15.9 Å². The largest absolute Gasteiger partial charge is 0.506 e. The van der Waals surface area contributed by atoms with Gasteiger partial charge in [-0.05, 0) is 46.3 Å². The number of phenolic OH excluding ortho intramolecular Hbond substituents is 1. The first kappa shape index (κ1) is 14.4. The van der Waals surface area contributed by atoms with Crippen molar-refractivity contribution in [1.82, 2.24) is 0 Å². The predicted molar refractivity (Wildman–Crippen MR) is 80.9 cm³/mol. The molecule has 4 nitrogen and oxygen atoms in total. The molecule has 104 valence electrons. The number of ether oxygens (including phenoxy) is 1. The maximum atomic E-state index is 11.3. The summed E-state index contributed by atoms with van der Waals surface area (Å²) in [4.78, 5) is 11.3. The Bertz CT molecular complexity index is 611. The first-order valence-electron chi connectivity index (χ1n) is 6.00. The van der Waals surface area contributed by atoms with Crippen molar-refractivity contribution in [1.29, 1.82) is 0 Å². The molecule has 0 saturated heterocycles. The quantitative estimate of drug-likeness (QED) is 0.839. The minimum absolute atomic E-state index is 0.228. The Kier molecular flexibility index (Phi) is 4.63. The molecule has 0 amide bonds. The zero-order valence-electron chi connectivity index (χ0n) is 10.9. The van der Waals surface area contributed by atoms with Crippen molar-refractivity contribution in [2.24, 2.45) is 0 Å². The van der Waals surface area contributed by atoms with Crippen molar-refractivity contribution in [2.45, 2.75) is 6.54 Å². The predicted octanol–water partition coefficient (Wildman–Crippen LogP) is 3.55. The van der Waals surface area contributed by atoms with Gasteiger partial charge in [0, 0.05) is 17.8 Å². The van der Waals surface area contributed by atoms with Gasteiger partial charge in [0.15, 0.2) is 0 Å². The van der Waals surface area contributed by atoms with Crippen LogP contribution in [0.3, 0.4) is 0 Å². The van der Waals surface area contributed by atoms with E-state index in [2.05, 4.69) is 26.0 Å². The van der Waals surface area contributed by atoms with Gasteiger partial charge in [0.2, 0.25) is 0 Å². The zero-order chi connectivity index (χ0) is 14.5. The fraction of sp³-hybridized carbons (Fsp3) is 0.133. The fourth-order valence-corrected chi connectivity index (χ4v) is 2.15. The summed E-state index contributed by atoms with van der Waals surface area (Å²) in [6, 6.07) is 12.5. The SMILES string of the molecule is COC(=O)c1ccc(NCc2cccc(Br)c2O)cc1. The van der Waals surface area contributed by atoms with Gasteiger partial charge in [-0.25, -0.2) is 4.79 Å².